The van der Waals surface area contributed by atoms with Crippen molar-refractivity contribution in [1.82, 2.24) is 15.6 Å². The maximum atomic E-state index is 12.8. The van der Waals surface area contributed by atoms with Gasteiger partial charge in [0.1, 0.15) is 0 Å². The van der Waals surface area contributed by atoms with Crippen LogP contribution in [-0.2, 0) is 0 Å². The van der Waals surface area contributed by atoms with E-state index in [4.69, 9.17) is 4.99 Å². The van der Waals surface area contributed by atoms with Gasteiger partial charge in [0.25, 0.3) is 0 Å². The van der Waals surface area contributed by atoms with Gasteiger partial charge in [-0.3, -0.25) is 9.79 Å². The Morgan fingerprint density at radius 3 is 2.27 bits per heavy atom. The summed E-state index contributed by atoms with van der Waals surface area (Å²) in [6.07, 6.45) is 8.89. The van der Waals surface area contributed by atoms with Gasteiger partial charge in [-0.05, 0) is 96.1 Å². The second-order valence-corrected chi connectivity index (χ2v) is 10.7. The Hall–Kier alpha value is -3.54. The zero-order valence-corrected chi connectivity index (χ0v) is 21.0. The van der Waals surface area contributed by atoms with Gasteiger partial charge >= 0.3 is 0 Å². The number of benzene rings is 3. The van der Waals surface area contributed by atoms with Crippen molar-refractivity contribution in [2.75, 3.05) is 13.1 Å². The van der Waals surface area contributed by atoms with E-state index in [1.165, 1.54) is 53.3 Å². The Labute approximate surface area is 216 Å². The Morgan fingerprint density at radius 2 is 1.46 bits per heavy atom. The first kappa shape index (κ1) is 22.6. The molecule has 7 rings (SSSR count). The lowest BCUT2D eigenvalue weighted by Gasteiger charge is -2.23. The molecule has 2 atom stereocenters. The minimum atomic E-state index is 0.0887. The maximum absolute atomic E-state index is 12.8. The Balaban J connectivity index is 1.17. The molecule has 2 saturated heterocycles. The van der Waals surface area contributed by atoms with Crippen molar-refractivity contribution >= 4 is 33.0 Å². The summed E-state index contributed by atoms with van der Waals surface area (Å²) >= 11 is 0. The second kappa shape index (κ2) is 9.40. The summed E-state index contributed by atoms with van der Waals surface area (Å²) in [5.41, 5.74) is 8.10. The van der Waals surface area contributed by atoms with Crippen molar-refractivity contribution in [3.05, 3.63) is 88.3 Å². The molecule has 186 valence electrons. The lowest BCUT2D eigenvalue weighted by molar-refractivity contribution is 0.406. The van der Waals surface area contributed by atoms with Crippen LogP contribution < -0.4 is 16.1 Å². The van der Waals surface area contributed by atoms with Crippen LogP contribution in [0.25, 0.3) is 38.4 Å². The number of allylic oxidation sites excluding steroid dienone is 1. The van der Waals surface area contributed by atoms with Crippen molar-refractivity contribution in [1.29, 1.82) is 0 Å². The fourth-order valence-electron chi connectivity index (χ4n) is 6.19. The fraction of sp³-hybridized carbons (Fsp3) is 0.312. The van der Waals surface area contributed by atoms with Crippen LogP contribution in [0.2, 0.25) is 0 Å². The smallest absolute Gasteiger partial charge is 0.189 e. The minimum absolute atomic E-state index is 0.0887. The van der Waals surface area contributed by atoms with Gasteiger partial charge in [0.05, 0.1) is 5.52 Å². The van der Waals surface area contributed by atoms with Crippen molar-refractivity contribution < 1.29 is 0 Å². The third kappa shape index (κ3) is 4.32. The monoisotopic (exact) mass is 488 g/mol. The number of hydrogen-bond donors (Lipinski definition) is 3. The van der Waals surface area contributed by atoms with Crippen LogP contribution in [0.1, 0.15) is 55.8 Å². The third-order valence-corrected chi connectivity index (χ3v) is 8.30. The fourth-order valence-corrected chi connectivity index (χ4v) is 6.19. The van der Waals surface area contributed by atoms with Gasteiger partial charge in [-0.15, -0.1) is 0 Å². The number of pyridine rings is 1. The van der Waals surface area contributed by atoms with Crippen LogP contribution in [0.5, 0.6) is 0 Å². The third-order valence-electron chi connectivity index (χ3n) is 8.30. The van der Waals surface area contributed by atoms with E-state index in [9.17, 15) is 4.79 Å². The van der Waals surface area contributed by atoms with Crippen LogP contribution in [0.3, 0.4) is 0 Å². The number of nitrogens with zero attached hydrogens (tertiary/aromatic N) is 1. The predicted molar refractivity (Wildman–Crippen MR) is 153 cm³/mol. The number of nitrogens with one attached hydrogen (secondary N) is 3. The summed E-state index contributed by atoms with van der Waals surface area (Å²) in [6.45, 7) is 2.11. The van der Waals surface area contributed by atoms with Gasteiger partial charge in [0.2, 0.25) is 0 Å². The summed E-state index contributed by atoms with van der Waals surface area (Å²) in [5.74, 6) is 0. The highest BCUT2D eigenvalue weighted by Gasteiger charge is 2.24. The van der Waals surface area contributed by atoms with Gasteiger partial charge in [0, 0.05) is 47.6 Å². The average molecular weight is 489 g/mol. The van der Waals surface area contributed by atoms with Gasteiger partial charge in [0.15, 0.2) is 5.43 Å². The first-order valence-corrected chi connectivity index (χ1v) is 13.7. The minimum Gasteiger partial charge on any atom is -0.357 e. The number of aromatic nitrogens is 1. The number of fused-ring (bicyclic) bond motifs is 2. The molecule has 5 nitrogen and oxygen atoms in total. The van der Waals surface area contributed by atoms with Crippen LogP contribution in [0.4, 0.5) is 0 Å². The standard InChI is InChI=1S/C32H32N4O/c37-32-18-31(28-4-1-2-12-33-28)36-29-16-24(10-11-26(29)32)22-7-6-21-15-23(9-8-20(21)14-22)25-17-30(35-19-25)27-5-3-13-34-27/h6-11,14-16,18-19,27-28,33-34H,1-5,12-13,17H2,(H,36,37)/t27-,28?/m0/s1. The van der Waals surface area contributed by atoms with Crippen molar-refractivity contribution in [3.63, 3.8) is 0 Å². The Bertz CT molecular complexity index is 1620. The zero-order chi connectivity index (χ0) is 24.8. The Morgan fingerprint density at radius 1 is 0.730 bits per heavy atom. The van der Waals surface area contributed by atoms with Crippen molar-refractivity contribution in [3.8, 4) is 11.1 Å². The highest BCUT2D eigenvalue weighted by atomic mass is 16.1. The summed E-state index contributed by atoms with van der Waals surface area (Å²) in [5, 5.41) is 10.3. The molecular weight excluding hydrogens is 456 g/mol. The van der Waals surface area contributed by atoms with E-state index >= 15 is 0 Å². The lowest BCUT2D eigenvalue weighted by Crippen LogP contribution is -2.29. The molecule has 0 spiro atoms. The molecule has 3 aromatic carbocycles. The second-order valence-electron chi connectivity index (χ2n) is 10.7. The average Bonchev–Trinajstić information content (AvgIpc) is 3.65. The summed E-state index contributed by atoms with van der Waals surface area (Å²) < 4.78 is 0. The van der Waals surface area contributed by atoms with Crippen LogP contribution >= 0.6 is 0 Å². The first-order valence-electron chi connectivity index (χ1n) is 13.7. The van der Waals surface area contributed by atoms with Gasteiger partial charge in [-0.25, -0.2) is 0 Å². The molecule has 4 heterocycles. The number of hydrogen-bond acceptors (Lipinski definition) is 4. The lowest BCUT2D eigenvalue weighted by atomic mass is 9.95. The SMILES string of the molecule is O=c1cc(C2CCCCN2)[nH]c2cc(-c3ccc4cc(C5=CN=C([C@@H]6CCCN6)C5)ccc4c3)ccc12. The molecule has 0 bridgehead atoms. The Kier molecular flexibility index (Phi) is 5.75. The van der Waals surface area contributed by atoms with E-state index in [1.807, 2.05) is 6.07 Å². The molecule has 0 radical (unpaired) electrons. The highest BCUT2D eigenvalue weighted by molar-refractivity contribution is 6.02. The van der Waals surface area contributed by atoms with Crippen molar-refractivity contribution in [2.45, 2.75) is 50.6 Å². The number of H-pyrrole nitrogens is 1. The molecule has 0 aliphatic carbocycles. The van der Waals surface area contributed by atoms with E-state index in [2.05, 4.69) is 70.3 Å². The molecular formula is C32H32N4O. The van der Waals surface area contributed by atoms with Crippen molar-refractivity contribution in [2.24, 2.45) is 4.99 Å². The quantitative estimate of drug-likeness (QED) is 0.325. The number of rotatable bonds is 4. The molecule has 5 heteroatoms. The molecule has 3 aliphatic rings. The number of piperidine rings is 1. The summed E-state index contributed by atoms with van der Waals surface area (Å²) in [6, 6.07) is 22.0. The zero-order valence-electron chi connectivity index (χ0n) is 21.0. The highest BCUT2D eigenvalue weighted by Crippen LogP contribution is 2.32. The van der Waals surface area contributed by atoms with Crippen LogP contribution in [0, 0.1) is 0 Å². The van der Waals surface area contributed by atoms with Gasteiger partial charge < -0.3 is 15.6 Å². The maximum Gasteiger partial charge on any atom is 0.189 e. The number of aliphatic imine (C=N–C) groups is 1. The topological polar surface area (TPSA) is 69.3 Å². The molecule has 0 amide bonds. The van der Waals surface area contributed by atoms with Crippen LogP contribution in [0.15, 0.2) is 76.7 Å². The molecule has 4 aromatic rings. The largest absolute Gasteiger partial charge is 0.357 e. The molecule has 2 fully saturated rings. The molecule has 37 heavy (non-hydrogen) atoms. The van der Waals surface area contributed by atoms with Gasteiger partial charge in [-0.1, -0.05) is 36.8 Å². The van der Waals surface area contributed by atoms with E-state index in [0.717, 1.165) is 53.7 Å². The van der Waals surface area contributed by atoms with E-state index in [1.54, 1.807) is 6.07 Å². The summed E-state index contributed by atoms with van der Waals surface area (Å²) in [4.78, 5) is 21.1. The predicted octanol–water partition coefficient (Wildman–Crippen LogP) is 6.10. The molecule has 3 N–H and O–H groups in total. The normalized spacial score (nSPS) is 21.9. The number of aromatic amines is 1. The summed E-state index contributed by atoms with van der Waals surface area (Å²) in [7, 11) is 0. The van der Waals surface area contributed by atoms with Gasteiger partial charge in [-0.2, -0.15) is 0 Å². The molecule has 1 unspecified atom stereocenters. The molecule has 1 aromatic heterocycles. The molecule has 3 aliphatic heterocycles. The van der Waals surface area contributed by atoms with E-state index in [0.29, 0.717) is 6.04 Å². The van der Waals surface area contributed by atoms with Crippen LogP contribution in [-0.4, -0.2) is 29.8 Å². The molecule has 0 saturated carbocycles. The first-order chi connectivity index (χ1) is 18.2. The van der Waals surface area contributed by atoms with E-state index < -0.39 is 0 Å². The van der Waals surface area contributed by atoms with E-state index in [-0.39, 0.29) is 11.5 Å².